The molecule has 2 rings (SSSR count). The summed E-state index contributed by atoms with van der Waals surface area (Å²) in [6, 6.07) is 3.90. The van der Waals surface area contributed by atoms with Crippen LogP contribution in [0, 0.1) is 18.7 Å². The van der Waals surface area contributed by atoms with Crippen molar-refractivity contribution in [3.05, 3.63) is 29.6 Å². The van der Waals surface area contributed by atoms with Crippen LogP contribution in [0.15, 0.2) is 23.1 Å². The molecule has 1 fully saturated rings. The molecule has 0 amide bonds. The summed E-state index contributed by atoms with van der Waals surface area (Å²) in [5.74, 6) is 0.0135. The quantitative estimate of drug-likeness (QED) is 0.786. The van der Waals surface area contributed by atoms with Crippen molar-refractivity contribution in [1.29, 1.82) is 0 Å². The van der Waals surface area contributed by atoms with Crippen molar-refractivity contribution in [1.82, 2.24) is 4.31 Å². The minimum absolute atomic E-state index is 0.0878. The third kappa shape index (κ3) is 3.17. The number of piperidine rings is 1. The van der Waals surface area contributed by atoms with Gasteiger partial charge in [0.2, 0.25) is 10.0 Å². The van der Waals surface area contributed by atoms with Crippen LogP contribution in [0.5, 0.6) is 0 Å². The lowest BCUT2D eigenvalue weighted by Gasteiger charge is -2.30. The molecule has 0 aromatic heterocycles. The van der Waals surface area contributed by atoms with E-state index >= 15 is 0 Å². The van der Waals surface area contributed by atoms with E-state index in [4.69, 9.17) is 0 Å². The second-order valence-corrected chi connectivity index (χ2v) is 7.47. The summed E-state index contributed by atoms with van der Waals surface area (Å²) in [7, 11) is -3.57. The maximum absolute atomic E-state index is 13.3. The average molecular weight is 350 g/mol. The van der Waals surface area contributed by atoms with E-state index in [1.54, 1.807) is 6.92 Å². The molecule has 6 heteroatoms. The van der Waals surface area contributed by atoms with Gasteiger partial charge in [-0.1, -0.05) is 22.0 Å². The van der Waals surface area contributed by atoms with Crippen molar-refractivity contribution in [2.24, 2.45) is 5.92 Å². The summed E-state index contributed by atoms with van der Waals surface area (Å²) in [4.78, 5) is 0.0878. The zero-order valence-corrected chi connectivity index (χ0v) is 13.2. The van der Waals surface area contributed by atoms with Crippen molar-refractivity contribution < 1.29 is 12.8 Å². The van der Waals surface area contributed by atoms with Gasteiger partial charge in [-0.05, 0) is 43.4 Å². The van der Waals surface area contributed by atoms with Gasteiger partial charge in [0, 0.05) is 18.4 Å². The van der Waals surface area contributed by atoms with Crippen LogP contribution in [-0.2, 0) is 10.0 Å². The Bertz CT molecular complexity index is 554. The van der Waals surface area contributed by atoms with E-state index in [2.05, 4.69) is 15.9 Å². The van der Waals surface area contributed by atoms with Gasteiger partial charge in [-0.25, -0.2) is 12.8 Å². The highest BCUT2D eigenvalue weighted by molar-refractivity contribution is 9.09. The predicted octanol–water partition coefficient (Wildman–Crippen LogP) is 2.93. The van der Waals surface area contributed by atoms with Gasteiger partial charge in [0.25, 0.3) is 0 Å². The highest BCUT2D eigenvalue weighted by atomic mass is 79.9. The van der Waals surface area contributed by atoms with Gasteiger partial charge in [0.15, 0.2) is 0 Å². The lowest BCUT2D eigenvalue weighted by Crippen LogP contribution is -2.39. The zero-order chi connectivity index (χ0) is 14.0. The fourth-order valence-electron chi connectivity index (χ4n) is 2.29. The van der Waals surface area contributed by atoms with Crippen molar-refractivity contribution >= 4 is 26.0 Å². The molecule has 19 heavy (non-hydrogen) atoms. The van der Waals surface area contributed by atoms with Crippen LogP contribution in [0.2, 0.25) is 0 Å². The molecule has 0 saturated carbocycles. The van der Waals surface area contributed by atoms with E-state index in [1.807, 2.05) is 0 Å². The average Bonchev–Trinajstić information content (AvgIpc) is 2.41. The number of sulfonamides is 1. The molecule has 0 spiro atoms. The third-order valence-electron chi connectivity index (χ3n) is 3.56. The van der Waals surface area contributed by atoms with Crippen LogP contribution in [0.25, 0.3) is 0 Å². The minimum atomic E-state index is -3.57. The fraction of sp³-hybridized carbons (Fsp3) is 0.538. The van der Waals surface area contributed by atoms with Gasteiger partial charge < -0.3 is 0 Å². The Hall–Kier alpha value is -0.460. The van der Waals surface area contributed by atoms with Crippen LogP contribution < -0.4 is 0 Å². The number of benzene rings is 1. The topological polar surface area (TPSA) is 37.4 Å². The van der Waals surface area contributed by atoms with Crippen molar-refractivity contribution in [3.63, 3.8) is 0 Å². The summed E-state index contributed by atoms with van der Waals surface area (Å²) in [5, 5.41) is 0.903. The number of rotatable bonds is 3. The summed E-state index contributed by atoms with van der Waals surface area (Å²) in [6.45, 7) is 2.71. The third-order valence-corrected chi connectivity index (χ3v) is 6.52. The maximum atomic E-state index is 13.3. The zero-order valence-electron chi connectivity index (χ0n) is 10.8. The number of aryl methyl sites for hydroxylation is 1. The molecule has 0 atom stereocenters. The second-order valence-electron chi connectivity index (χ2n) is 4.91. The lowest BCUT2D eigenvalue weighted by molar-refractivity contribution is 0.292. The number of halogens is 2. The van der Waals surface area contributed by atoms with Gasteiger partial charge in [-0.2, -0.15) is 4.31 Å². The normalized spacial score (nSPS) is 18.7. The smallest absolute Gasteiger partial charge is 0.207 e. The van der Waals surface area contributed by atoms with E-state index in [0.717, 1.165) is 24.2 Å². The van der Waals surface area contributed by atoms with Gasteiger partial charge in [0.1, 0.15) is 5.82 Å². The van der Waals surface area contributed by atoms with Crippen LogP contribution in [0.3, 0.4) is 0 Å². The first-order chi connectivity index (χ1) is 8.95. The molecule has 1 aromatic rings. The van der Waals surface area contributed by atoms with Crippen molar-refractivity contribution in [2.75, 3.05) is 18.4 Å². The Morgan fingerprint density at radius 2 is 2.00 bits per heavy atom. The predicted molar refractivity (Wildman–Crippen MR) is 76.4 cm³/mol. The summed E-state index contributed by atoms with van der Waals surface area (Å²) >= 11 is 3.43. The van der Waals surface area contributed by atoms with Gasteiger partial charge in [0.05, 0.1) is 4.90 Å². The second kappa shape index (κ2) is 5.89. The number of hydrogen-bond acceptors (Lipinski definition) is 2. The molecule has 1 saturated heterocycles. The Morgan fingerprint density at radius 3 is 2.58 bits per heavy atom. The molecular formula is C13H17BrFNO2S. The van der Waals surface area contributed by atoms with Crippen LogP contribution in [-0.4, -0.2) is 31.1 Å². The van der Waals surface area contributed by atoms with E-state index in [0.29, 0.717) is 24.6 Å². The Morgan fingerprint density at radius 1 is 1.37 bits per heavy atom. The Labute approximate surface area is 122 Å². The molecule has 0 aliphatic carbocycles. The molecule has 0 N–H and O–H groups in total. The first-order valence-corrected chi connectivity index (χ1v) is 8.83. The molecule has 1 aliphatic heterocycles. The molecule has 3 nitrogen and oxygen atoms in total. The van der Waals surface area contributed by atoms with E-state index in [1.165, 1.54) is 16.4 Å². The molecule has 106 valence electrons. The number of nitrogens with zero attached hydrogens (tertiary/aromatic N) is 1. The SMILES string of the molecule is Cc1ccc(F)cc1S(=O)(=O)N1CCC(CBr)CC1. The first kappa shape index (κ1) is 14.9. The molecule has 0 unspecified atom stereocenters. The van der Waals surface area contributed by atoms with Crippen molar-refractivity contribution in [2.45, 2.75) is 24.7 Å². The fourth-order valence-corrected chi connectivity index (χ4v) is 4.65. The van der Waals surface area contributed by atoms with Crippen LogP contribution in [0.1, 0.15) is 18.4 Å². The van der Waals surface area contributed by atoms with Crippen LogP contribution in [0.4, 0.5) is 4.39 Å². The van der Waals surface area contributed by atoms with Gasteiger partial charge in [-0.3, -0.25) is 0 Å². The molecule has 1 aliphatic rings. The first-order valence-electron chi connectivity index (χ1n) is 6.27. The molecular weight excluding hydrogens is 333 g/mol. The maximum Gasteiger partial charge on any atom is 0.243 e. The summed E-state index contributed by atoms with van der Waals surface area (Å²) < 4.78 is 39.7. The highest BCUT2D eigenvalue weighted by Gasteiger charge is 2.30. The minimum Gasteiger partial charge on any atom is -0.207 e. The molecule has 0 bridgehead atoms. The Kier molecular flexibility index (Phi) is 4.63. The Balaban J connectivity index is 2.26. The van der Waals surface area contributed by atoms with Crippen molar-refractivity contribution in [3.8, 4) is 0 Å². The van der Waals surface area contributed by atoms with Crippen LogP contribution >= 0.6 is 15.9 Å². The largest absolute Gasteiger partial charge is 0.243 e. The molecule has 1 heterocycles. The highest BCUT2D eigenvalue weighted by Crippen LogP contribution is 2.26. The van der Waals surface area contributed by atoms with Gasteiger partial charge >= 0.3 is 0 Å². The lowest BCUT2D eigenvalue weighted by atomic mass is 10.0. The number of hydrogen-bond donors (Lipinski definition) is 0. The van der Waals surface area contributed by atoms with E-state index in [-0.39, 0.29) is 4.90 Å². The van der Waals surface area contributed by atoms with E-state index < -0.39 is 15.8 Å². The summed E-state index contributed by atoms with van der Waals surface area (Å²) in [5.41, 5.74) is 0.587. The molecule has 1 aromatic carbocycles. The monoisotopic (exact) mass is 349 g/mol. The summed E-state index contributed by atoms with van der Waals surface area (Å²) in [6.07, 6.45) is 1.69. The molecule has 0 radical (unpaired) electrons. The van der Waals surface area contributed by atoms with Gasteiger partial charge in [-0.15, -0.1) is 0 Å². The standard InChI is InChI=1S/C13H17BrFNO2S/c1-10-2-3-12(15)8-13(10)19(17,18)16-6-4-11(9-14)5-7-16/h2-3,8,11H,4-7,9H2,1H3. The van der Waals surface area contributed by atoms with E-state index in [9.17, 15) is 12.8 Å². The number of alkyl halides is 1.